The van der Waals surface area contributed by atoms with E-state index < -0.39 is 0 Å². The van der Waals surface area contributed by atoms with Crippen molar-refractivity contribution >= 4 is 17.5 Å². The Balaban J connectivity index is 1.63. The average Bonchev–Trinajstić information content (AvgIpc) is 3.01. The maximum absolute atomic E-state index is 12.4. The highest BCUT2D eigenvalue weighted by Crippen LogP contribution is 2.17. The van der Waals surface area contributed by atoms with E-state index in [1.54, 1.807) is 6.26 Å². The van der Waals surface area contributed by atoms with Crippen LogP contribution >= 0.6 is 0 Å². The number of hydrogen-bond donors (Lipinski definition) is 2. The number of aromatic nitrogens is 2. The van der Waals surface area contributed by atoms with Crippen LogP contribution in [0.15, 0.2) is 29.1 Å². The van der Waals surface area contributed by atoms with Crippen molar-refractivity contribution in [2.24, 2.45) is 0 Å². The first-order valence-electron chi connectivity index (χ1n) is 8.69. The molecule has 140 valence electrons. The summed E-state index contributed by atoms with van der Waals surface area (Å²) in [6.07, 6.45) is 4.11. The summed E-state index contributed by atoms with van der Waals surface area (Å²) in [5.74, 6) is 2.16. The van der Waals surface area contributed by atoms with E-state index in [4.69, 9.17) is 9.15 Å². The monoisotopic (exact) mass is 359 g/mol. The third kappa shape index (κ3) is 4.51. The summed E-state index contributed by atoms with van der Waals surface area (Å²) in [5, 5.41) is 6.46. The molecule has 8 nitrogen and oxygen atoms in total. The highest BCUT2D eigenvalue weighted by Gasteiger charge is 2.28. The molecule has 0 spiro atoms. The van der Waals surface area contributed by atoms with E-state index >= 15 is 0 Å². The van der Waals surface area contributed by atoms with Crippen LogP contribution in [0.3, 0.4) is 0 Å². The Hall–Kier alpha value is -2.61. The Morgan fingerprint density at radius 3 is 2.92 bits per heavy atom. The molecular weight excluding hydrogens is 334 g/mol. The van der Waals surface area contributed by atoms with Gasteiger partial charge < -0.3 is 24.7 Å². The first-order chi connectivity index (χ1) is 12.5. The summed E-state index contributed by atoms with van der Waals surface area (Å²) in [5.41, 5.74) is 0.985. The summed E-state index contributed by atoms with van der Waals surface area (Å²) < 4.78 is 10.9. The van der Waals surface area contributed by atoms with Crippen LogP contribution in [-0.4, -0.2) is 55.3 Å². The normalized spacial score (nSPS) is 19.8. The topological polar surface area (TPSA) is 92.5 Å². The fraction of sp³-hybridized carbons (Fsp3) is 0.500. The van der Waals surface area contributed by atoms with Gasteiger partial charge in [0.15, 0.2) is 0 Å². The molecule has 2 aromatic rings. The van der Waals surface area contributed by atoms with Crippen molar-refractivity contribution < 1.29 is 13.9 Å². The lowest BCUT2D eigenvalue weighted by molar-refractivity contribution is -0.122. The Labute approximate surface area is 153 Å². The summed E-state index contributed by atoms with van der Waals surface area (Å²) >= 11 is 0. The van der Waals surface area contributed by atoms with Gasteiger partial charge in [-0.2, -0.15) is 0 Å². The highest BCUT2D eigenvalue weighted by atomic mass is 16.5. The second-order valence-electron chi connectivity index (χ2n) is 6.65. The molecule has 0 unspecified atom stereocenters. The molecule has 8 heteroatoms. The van der Waals surface area contributed by atoms with Gasteiger partial charge in [-0.25, -0.2) is 9.97 Å². The molecule has 0 bridgehead atoms. The molecule has 0 saturated carbocycles. The summed E-state index contributed by atoms with van der Waals surface area (Å²) in [4.78, 5) is 22.8. The van der Waals surface area contributed by atoms with Crippen molar-refractivity contribution in [3.8, 4) is 0 Å². The van der Waals surface area contributed by atoms with Crippen LogP contribution in [0.5, 0.6) is 0 Å². The van der Waals surface area contributed by atoms with Crippen molar-refractivity contribution in [1.82, 2.24) is 15.3 Å². The van der Waals surface area contributed by atoms with E-state index in [0.717, 1.165) is 17.8 Å². The second-order valence-corrected chi connectivity index (χ2v) is 6.65. The predicted octanol–water partition coefficient (Wildman–Crippen LogP) is 1.37. The number of carbonyl (C=O) groups excluding carboxylic acids is 1. The zero-order chi connectivity index (χ0) is 18.5. The standard InChI is InChI=1S/C18H25N5O3/c1-12-4-7-26-15(12)8-18(24)22-13-5-6-25-10-14(13)21-16-9-17(23(2)3)20-11-19-16/h4,7,9,11,13-14H,5-6,8,10H2,1-3H3,(H,22,24)(H,19,20,21)/t13-,14+/m0/s1. The van der Waals surface area contributed by atoms with Crippen molar-refractivity contribution in [2.75, 3.05) is 37.5 Å². The number of nitrogens with zero attached hydrogens (tertiary/aromatic N) is 3. The quantitative estimate of drug-likeness (QED) is 0.805. The second kappa shape index (κ2) is 8.18. The molecule has 2 atom stereocenters. The fourth-order valence-electron chi connectivity index (χ4n) is 2.90. The van der Waals surface area contributed by atoms with E-state index in [0.29, 0.717) is 24.8 Å². The Kier molecular flexibility index (Phi) is 5.72. The number of hydrogen-bond acceptors (Lipinski definition) is 7. The van der Waals surface area contributed by atoms with E-state index in [1.807, 2.05) is 38.1 Å². The number of carbonyl (C=O) groups is 1. The molecule has 0 aliphatic carbocycles. The molecule has 3 rings (SSSR count). The molecule has 26 heavy (non-hydrogen) atoms. The number of aryl methyl sites for hydroxylation is 1. The van der Waals surface area contributed by atoms with Gasteiger partial charge in [0, 0.05) is 26.8 Å². The van der Waals surface area contributed by atoms with Gasteiger partial charge >= 0.3 is 0 Å². The minimum Gasteiger partial charge on any atom is -0.469 e. The van der Waals surface area contributed by atoms with Gasteiger partial charge in [0.2, 0.25) is 5.91 Å². The molecule has 1 amide bonds. The smallest absolute Gasteiger partial charge is 0.227 e. The number of amides is 1. The summed E-state index contributed by atoms with van der Waals surface area (Å²) in [6, 6.07) is 3.64. The first-order valence-corrected chi connectivity index (χ1v) is 8.69. The maximum Gasteiger partial charge on any atom is 0.227 e. The minimum atomic E-state index is -0.0599. The van der Waals surface area contributed by atoms with Gasteiger partial charge in [-0.1, -0.05) is 0 Å². The largest absolute Gasteiger partial charge is 0.469 e. The third-order valence-corrected chi connectivity index (χ3v) is 4.44. The fourth-order valence-corrected chi connectivity index (χ4v) is 2.90. The van der Waals surface area contributed by atoms with Crippen LogP contribution in [-0.2, 0) is 16.0 Å². The first kappa shape index (κ1) is 18.2. The molecule has 1 aliphatic rings. The molecule has 1 saturated heterocycles. The minimum absolute atomic E-state index is 0.0377. The van der Waals surface area contributed by atoms with Crippen LogP contribution < -0.4 is 15.5 Å². The molecule has 0 radical (unpaired) electrons. The SMILES string of the molecule is Cc1ccoc1CC(=O)N[C@H]1CCOC[C@H]1Nc1cc(N(C)C)ncn1. The molecule has 2 aromatic heterocycles. The van der Waals surface area contributed by atoms with Crippen molar-refractivity contribution in [3.63, 3.8) is 0 Å². The van der Waals surface area contributed by atoms with Crippen molar-refractivity contribution in [2.45, 2.75) is 31.8 Å². The van der Waals surface area contributed by atoms with Crippen LogP contribution in [0, 0.1) is 6.92 Å². The van der Waals surface area contributed by atoms with Gasteiger partial charge in [0.1, 0.15) is 23.7 Å². The van der Waals surface area contributed by atoms with Crippen LogP contribution in [0.4, 0.5) is 11.6 Å². The van der Waals surface area contributed by atoms with Crippen molar-refractivity contribution in [3.05, 3.63) is 36.0 Å². The number of rotatable bonds is 6. The predicted molar refractivity (Wildman–Crippen MR) is 98.3 cm³/mol. The van der Waals surface area contributed by atoms with Crippen molar-refractivity contribution in [1.29, 1.82) is 0 Å². The number of nitrogens with one attached hydrogen (secondary N) is 2. The van der Waals surface area contributed by atoms with Crippen LogP contribution in [0.1, 0.15) is 17.7 Å². The summed E-state index contributed by atoms with van der Waals surface area (Å²) in [7, 11) is 3.85. The lowest BCUT2D eigenvalue weighted by atomic mass is 10.0. The van der Waals surface area contributed by atoms with Gasteiger partial charge in [-0.05, 0) is 25.0 Å². The molecular formula is C18H25N5O3. The van der Waals surface area contributed by atoms with Gasteiger partial charge in [0.05, 0.1) is 31.4 Å². The Morgan fingerprint density at radius 1 is 1.35 bits per heavy atom. The zero-order valence-electron chi connectivity index (χ0n) is 15.4. The number of anilines is 2. The number of furan rings is 1. The van der Waals surface area contributed by atoms with E-state index in [2.05, 4.69) is 20.6 Å². The highest BCUT2D eigenvalue weighted by molar-refractivity contribution is 5.78. The molecule has 3 heterocycles. The molecule has 2 N–H and O–H groups in total. The third-order valence-electron chi connectivity index (χ3n) is 4.44. The van der Waals surface area contributed by atoms with E-state index in [1.165, 1.54) is 6.33 Å². The Bertz CT molecular complexity index is 746. The van der Waals surface area contributed by atoms with Gasteiger partial charge in [-0.3, -0.25) is 4.79 Å². The lowest BCUT2D eigenvalue weighted by Crippen LogP contribution is -2.52. The zero-order valence-corrected chi connectivity index (χ0v) is 15.4. The van der Waals surface area contributed by atoms with E-state index in [-0.39, 0.29) is 24.4 Å². The molecule has 0 aromatic carbocycles. The average molecular weight is 359 g/mol. The molecule has 1 aliphatic heterocycles. The lowest BCUT2D eigenvalue weighted by Gasteiger charge is -2.33. The Morgan fingerprint density at radius 2 is 2.19 bits per heavy atom. The van der Waals surface area contributed by atoms with E-state index in [9.17, 15) is 4.79 Å². The number of ether oxygens (including phenoxy) is 1. The van der Waals surface area contributed by atoms with Gasteiger partial charge in [0.25, 0.3) is 0 Å². The molecule has 1 fully saturated rings. The van der Waals surface area contributed by atoms with Crippen LogP contribution in [0.25, 0.3) is 0 Å². The maximum atomic E-state index is 12.4. The van der Waals surface area contributed by atoms with Crippen LogP contribution in [0.2, 0.25) is 0 Å². The summed E-state index contributed by atoms with van der Waals surface area (Å²) in [6.45, 7) is 3.06. The van der Waals surface area contributed by atoms with Gasteiger partial charge in [-0.15, -0.1) is 0 Å².